The van der Waals surface area contributed by atoms with Crippen molar-refractivity contribution in [1.29, 1.82) is 0 Å². The first-order valence-electron chi connectivity index (χ1n) is 6.30. The van der Waals surface area contributed by atoms with Gasteiger partial charge in [0.1, 0.15) is 0 Å². The summed E-state index contributed by atoms with van der Waals surface area (Å²) < 4.78 is 0. The zero-order chi connectivity index (χ0) is 14.3. The highest BCUT2D eigenvalue weighted by atomic mass is 35.5. The van der Waals surface area contributed by atoms with Gasteiger partial charge in [-0.3, -0.25) is 4.79 Å². The van der Waals surface area contributed by atoms with E-state index in [0.717, 1.165) is 24.3 Å². The van der Waals surface area contributed by atoms with E-state index < -0.39 is 0 Å². The molecule has 0 aromatic heterocycles. The minimum Gasteiger partial charge on any atom is -0.369 e. The molecule has 106 valence electrons. The van der Waals surface area contributed by atoms with Crippen LogP contribution in [0.5, 0.6) is 0 Å². The number of hydrogen-bond donors (Lipinski definition) is 0. The summed E-state index contributed by atoms with van der Waals surface area (Å²) in [4.78, 5) is 13.4. The molecule has 2 nitrogen and oxygen atoms in total. The topological polar surface area (TPSA) is 20.3 Å². The molecule has 1 atom stereocenters. The molecule has 0 heterocycles. The number of halogens is 3. The molecule has 0 aliphatic carbocycles. The molecule has 1 aromatic carbocycles. The molecule has 0 fully saturated rings. The third kappa shape index (κ3) is 4.87. The number of alkyl halides is 2. The van der Waals surface area contributed by atoms with E-state index in [1.807, 2.05) is 31.2 Å². The summed E-state index contributed by atoms with van der Waals surface area (Å²) in [5.74, 6) is 0.873. The van der Waals surface area contributed by atoms with Gasteiger partial charge in [-0.1, -0.05) is 19.1 Å². The van der Waals surface area contributed by atoms with Gasteiger partial charge in [0, 0.05) is 30.5 Å². The van der Waals surface area contributed by atoms with Gasteiger partial charge < -0.3 is 4.90 Å². The monoisotopic (exact) mass is 321 g/mol. The lowest BCUT2D eigenvalue weighted by Crippen LogP contribution is -2.27. The van der Waals surface area contributed by atoms with Gasteiger partial charge in [-0.2, -0.15) is 0 Å². The Morgan fingerprint density at radius 1 is 1.16 bits per heavy atom. The summed E-state index contributed by atoms with van der Waals surface area (Å²) in [7, 11) is 0. The summed E-state index contributed by atoms with van der Waals surface area (Å²) >= 11 is 17.2. The number of carbonyl (C=O) groups excluding carboxylic acids is 1. The number of nitrogens with zero attached hydrogens (tertiary/aromatic N) is 1. The highest BCUT2D eigenvalue weighted by Gasteiger charge is 2.16. The van der Waals surface area contributed by atoms with Gasteiger partial charge >= 0.3 is 0 Å². The number of benzene rings is 1. The van der Waals surface area contributed by atoms with Crippen molar-refractivity contribution in [2.24, 2.45) is 0 Å². The van der Waals surface area contributed by atoms with E-state index >= 15 is 0 Å². The molecule has 0 spiro atoms. The average molecular weight is 323 g/mol. The molecule has 0 amide bonds. The smallest absolute Gasteiger partial charge is 0.229 e. The summed E-state index contributed by atoms with van der Waals surface area (Å²) in [5, 5.41) is -0.311. The number of hydrogen-bond acceptors (Lipinski definition) is 2. The highest BCUT2D eigenvalue weighted by Crippen LogP contribution is 2.25. The normalized spacial score (nSPS) is 12.2. The molecule has 0 aliphatic heterocycles. The summed E-state index contributed by atoms with van der Waals surface area (Å²) in [6.45, 7) is 3.45. The second-order valence-corrected chi connectivity index (χ2v) is 5.35. The Bertz CT molecular complexity index is 388. The van der Waals surface area contributed by atoms with Crippen LogP contribution in [0.4, 0.5) is 5.69 Å². The van der Waals surface area contributed by atoms with Gasteiger partial charge in [0.05, 0.1) is 5.92 Å². The summed E-state index contributed by atoms with van der Waals surface area (Å²) in [6.07, 6.45) is 0.703. The van der Waals surface area contributed by atoms with Crippen LogP contribution in [0, 0.1) is 0 Å². The summed E-state index contributed by atoms with van der Waals surface area (Å²) in [6, 6.07) is 7.85. The van der Waals surface area contributed by atoms with Crippen LogP contribution < -0.4 is 4.90 Å². The molecule has 5 heteroatoms. The Balaban J connectivity index is 2.87. The predicted octanol–water partition coefficient (Wildman–Crippen LogP) is 4.23. The largest absolute Gasteiger partial charge is 0.369 e. The van der Waals surface area contributed by atoms with Crippen molar-refractivity contribution in [3.05, 3.63) is 29.8 Å². The number of anilines is 1. The summed E-state index contributed by atoms with van der Waals surface area (Å²) in [5.41, 5.74) is 2.00. The van der Waals surface area contributed by atoms with Crippen LogP contribution in [-0.4, -0.2) is 30.1 Å². The Morgan fingerprint density at radius 3 is 2.05 bits per heavy atom. The van der Waals surface area contributed by atoms with Crippen molar-refractivity contribution in [2.75, 3.05) is 29.7 Å². The first-order chi connectivity index (χ1) is 9.13. The Morgan fingerprint density at radius 2 is 1.68 bits per heavy atom. The molecule has 19 heavy (non-hydrogen) atoms. The fraction of sp³-hybridized carbons (Fsp3) is 0.500. The lowest BCUT2D eigenvalue weighted by atomic mass is 9.97. The lowest BCUT2D eigenvalue weighted by Gasteiger charge is -2.23. The third-order valence-corrected chi connectivity index (χ3v) is 3.65. The molecule has 0 bridgehead atoms. The first kappa shape index (κ1) is 16.6. The second-order valence-electron chi connectivity index (χ2n) is 4.22. The number of carbonyl (C=O) groups is 1. The van der Waals surface area contributed by atoms with Gasteiger partial charge in [0.25, 0.3) is 0 Å². The molecule has 0 saturated heterocycles. The molecule has 0 aliphatic rings. The van der Waals surface area contributed by atoms with E-state index in [-0.39, 0.29) is 11.2 Å². The molecule has 1 unspecified atom stereocenters. The molecule has 0 saturated carbocycles. The van der Waals surface area contributed by atoms with Crippen LogP contribution in [0.1, 0.15) is 24.8 Å². The van der Waals surface area contributed by atoms with Crippen LogP contribution >= 0.6 is 34.8 Å². The van der Waals surface area contributed by atoms with Gasteiger partial charge in [-0.05, 0) is 35.7 Å². The maximum absolute atomic E-state index is 11.3. The van der Waals surface area contributed by atoms with Crippen molar-refractivity contribution < 1.29 is 4.79 Å². The van der Waals surface area contributed by atoms with Gasteiger partial charge in [-0.25, -0.2) is 0 Å². The van der Waals surface area contributed by atoms with E-state index in [0.29, 0.717) is 18.2 Å². The first-order valence-corrected chi connectivity index (χ1v) is 7.74. The molecular weight excluding hydrogens is 305 g/mol. The zero-order valence-electron chi connectivity index (χ0n) is 10.9. The third-order valence-electron chi connectivity index (χ3n) is 3.05. The minimum atomic E-state index is -0.311. The maximum atomic E-state index is 11.3. The average Bonchev–Trinajstić information content (AvgIpc) is 2.40. The Labute approximate surface area is 129 Å². The highest BCUT2D eigenvalue weighted by molar-refractivity contribution is 6.64. The van der Waals surface area contributed by atoms with Crippen LogP contribution in [-0.2, 0) is 4.79 Å². The lowest BCUT2D eigenvalue weighted by molar-refractivity contribution is -0.113. The van der Waals surface area contributed by atoms with Crippen molar-refractivity contribution in [3.8, 4) is 0 Å². The standard InChI is InChI=1S/C14H18Cl3NO/c1-2-13(14(17)19)11-3-5-12(6-4-11)18(9-7-15)10-8-16/h3-6,13H,2,7-10H2,1H3. The Hall–Kier alpha value is -0.440. The van der Waals surface area contributed by atoms with Gasteiger partial charge in [-0.15, -0.1) is 23.2 Å². The van der Waals surface area contributed by atoms with Gasteiger partial charge in [0.2, 0.25) is 5.24 Å². The van der Waals surface area contributed by atoms with E-state index in [2.05, 4.69) is 4.90 Å². The van der Waals surface area contributed by atoms with Crippen molar-refractivity contribution in [1.82, 2.24) is 0 Å². The number of rotatable bonds is 8. The van der Waals surface area contributed by atoms with E-state index in [9.17, 15) is 4.79 Å². The van der Waals surface area contributed by atoms with Gasteiger partial charge in [0.15, 0.2) is 0 Å². The van der Waals surface area contributed by atoms with Crippen LogP contribution in [0.25, 0.3) is 0 Å². The minimum absolute atomic E-state index is 0.231. The fourth-order valence-electron chi connectivity index (χ4n) is 2.02. The molecule has 0 N–H and O–H groups in total. The van der Waals surface area contributed by atoms with Crippen LogP contribution in [0.3, 0.4) is 0 Å². The molecule has 1 aromatic rings. The zero-order valence-corrected chi connectivity index (χ0v) is 13.2. The van der Waals surface area contributed by atoms with E-state index in [4.69, 9.17) is 34.8 Å². The quantitative estimate of drug-likeness (QED) is 0.527. The predicted molar refractivity (Wildman–Crippen MR) is 84.0 cm³/mol. The van der Waals surface area contributed by atoms with Crippen molar-refractivity contribution >= 4 is 45.7 Å². The van der Waals surface area contributed by atoms with Crippen LogP contribution in [0.2, 0.25) is 0 Å². The molecule has 0 radical (unpaired) electrons. The Kier molecular flexibility index (Phi) is 7.59. The molecule has 1 rings (SSSR count). The van der Waals surface area contributed by atoms with E-state index in [1.165, 1.54) is 0 Å². The van der Waals surface area contributed by atoms with Crippen molar-refractivity contribution in [2.45, 2.75) is 19.3 Å². The van der Waals surface area contributed by atoms with E-state index in [1.54, 1.807) is 0 Å². The SMILES string of the molecule is CCC(C(=O)Cl)c1ccc(N(CCCl)CCCl)cc1. The van der Waals surface area contributed by atoms with Crippen LogP contribution in [0.15, 0.2) is 24.3 Å². The van der Waals surface area contributed by atoms with Crippen molar-refractivity contribution in [3.63, 3.8) is 0 Å². The molecular formula is C14H18Cl3NO. The maximum Gasteiger partial charge on any atom is 0.229 e. The fourth-order valence-corrected chi connectivity index (χ4v) is 2.71. The second kappa shape index (κ2) is 8.68.